The van der Waals surface area contributed by atoms with Gasteiger partial charge in [0.25, 0.3) is 5.91 Å². The highest BCUT2D eigenvalue weighted by Crippen LogP contribution is 2.18. The highest BCUT2D eigenvalue weighted by Gasteiger charge is 2.27. The van der Waals surface area contributed by atoms with Gasteiger partial charge in [0, 0.05) is 17.5 Å². The number of nitrogens with one attached hydrogen (secondary N) is 1. The van der Waals surface area contributed by atoms with Gasteiger partial charge in [-0.2, -0.15) is 0 Å². The third kappa shape index (κ3) is 4.92. The van der Waals surface area contributed by atoms with Crippen molar-refractivity contribution in [1.29, 1.82) is 0 Å². The summed E-state index contributed by atoms with van der Waals surface area (Å²) in [5.74, 6) is -0.270. The van der Waals surface area contributed by atoms with Crippen LogP contribution in [0.1, 0.15) is 40.2 Å². The van der Waals surface area contributed by atoms with Crippen LogP contribution >= 0.6 is 11.3 Å². The van der Waals surface area contributed by atoms with Crippen LogP contribution in [0.3, 0.4) is 0 Å². The van der Waals surface area contributed by atoms with Gasteiger partial charge in [0.15, 0.2) is 0 Å². The number of likely N-dealkylation sites (N-methyl/N-ethyl adjacent to an activating group) is 1. The van der Waals surface area contributed by atoms with Gasteiger partial charge in [-0.25, -0.2) is 0 Å². The van der Waals surface area contributed by atoms with Gasteiger partial charge in [0.05, 0.1) is 6.54 Å². The topological polar surface area (TPSA) is 49.4 Å². The number of aryl methyl sites for hydroxylation is 2. The Labute approximate surface area is 153 Å². The summed E-state index contributed by atoms with van der Waals surface area (Å²) >= 11 is 1.65. The van der Waals surface area contributed by atoms with Gasteiger partial charge < -0.3 is 10.2 Å². The number of hydrogen-bond donors (Lipinski definition) is 1. The summed E-state index contributed by atoms with van der Waals surface area (Å²) in [6.07, 6.45) is 0. The first-order chi connectivity index (χ1) is 11.8. The number of rotatable bonds is 6. The summed E-state index contributed by atoms with van der Waals surface area (Å²) in [6, 6.07) is 8.90. The van der Waals surface area contributed by atoms with Crippen LogP contribution in [0, 0.1) is 19.8 Å². The monoisotopic (exact) mass is 358 g/mol. The molecule has 0 bridgehead atoms. The van der Waals surface area contributed by atoms with Gasteiger partial charge in [-0.1, -0.05) is 31.5 Å². The quantitative estimate of drug-likeness (QED) is 0.854. The zero-order valence-corrected chi connectivity index (χ0v) is 16.3. The van der Waals surface area contributed by atoms with Crippen molar-refractivity contribution in [2.24, 2.45) is 5.92 Å². The van der Waals surface area contributed by atoms with E-state index < -0.39 is 6.04 Å². The van der Waals surface area contributed by atoms with Crippen molar-refractivity contribution >= 4 is 23.2 Å². The Morgan fingerprint density at radius 1 is 1.20 bits per heavy atom. The van der Waals surface area contributed by atoms with Gasteiger partial charge in [0.2, 0.25) is 5.91 Å². The fourth-order valence-electron chi connectivity index (χ4n) is 2.62. The molecule has 0 fully saturated rings. The lowest BCUT2D eigenvalue weighted by atomic mass is 10.0. The molecule has 0 saturated carbocycles. The third-order valence-electron chi connectivity index (χ3n) is 4.22. The number of carbonyl (C=O) groups is 2. The van der Waals surface area contributed by atoms with Gasteiger partial charge in [-0.05, 0) is 48.9 Å². The number of amides is 2. The Hall–Kier alpha value is -2.14. The Kier molecular flexibility index (Phi) is 6.37. The summed E-state index contributed by atoms with van der Waals surface area (Å²) < 4.78 is 0. The van der Waals surface area contributed by atoms with Gasteiger partial charge in [-0.15, -0.1) is 11.3 Å². The summed E-state index contributed by atoms with van der Waals surface area (Å²) in [5, 5.41) is 4.94. The SMILES string of the molecule is Cc1cccc(C(=O)N[C@H](C(=O)N(C)Cc2sccc2C)C(C)C)c1. The van der Waals surface area contributed by atoms with E-state index in [0.29, 0.717) is 12.1 Å². The molecule has 0 spiro atoms. The van der Waals surface area contributed by atoms with Crippen LogP contribution in [-0.2, 0) is 11.3 Å². The molecule has 0 saturated heterocycles. The zero-order valence-electron chi connectivity index (χ0n) is 15.5. The van der Waals surface area contributed by atoms with Crippen molar-refractivity contribution in [3.05, 3.63) is 57.3 Å². The molecule has 4 nitrogen and oxygen atoms in total. The largest absolute Gasteiger partial charge is 0.340 e. The van der Waals surface area contributed by atoms with Crippen LogP contribution in [0.5, 0.6) is 0 Å². The van der Waals surface area contributed by atoms with Crippen LogP contribution in [0.2, 0.25) is 0 Å². The zero-order chi connectivity index (χ0) is 18.6. The molecule has 1 aromatic carbocycles. The molecule has 0 aliphatic carbocycles. The second kappa shape index (κ2) is 8.30. The van der Waals surface area contributed by atoms with Crippen LogP contribution in [0.15, 0.2) is 35.7 Å². The third-order valence-corrected chi connectivity index (χ3v) is 5.23. The van der Waals surface area contributed by atoms with Gasteiger partial charge >= 0.3 is 0 Å². The second-order valence-electron chi connectivity index (χ2n) is 6.79. The van der Waals surface area contributed by atoms with Crippen LogP contribution in [0.25, 0.3) is 0 Å². The molecule has 2 aromatic rings. The summed E-state index contributed by atoms with van der Waals surface area (Å²) in [5.41, 5.74) is 2.79. The van der Waals surface area contributed by atoms with Crippen molar-refractivity contribution in [1.82, 2.24) is 10.2 Å². The lowest BCUT2D eigenvalue weighted by molar-refractivity contribution is -0.133. The van der Waals surface area contributed by atoms with E-state index in [-0.39, 0.29) is 17.7 Å². The Bertz CT molecular complexity index is 752. The summed E-state index contributed by atoms with van der Waals surface area (Å²) in [6.45, 7) is 8.45. The average molecular weight is 359 g/mol. The molecule has 1 aromatic heterocycles. The average Bonchev–Trinajstić information content (AvgIpc) is 2.96. The minimum Gasteiger partial charge on any atom is -0.340 e. The maximum Gasteiger partial charge on any atom is 0.251 e. The molecule has 2 rings (SSSR count). The van der Waals surface area contributed by atoms with E-state index in [9.17, 15) is 9.59 Å². The Morgan fingerprint density at radius 3 is 2.48 bits per heavy atom. The summed E-state index contributed by atoms with van der Waals surface area (Å²) in [7, 11) is 1.79. The molecule has 2 amide bonds. The highest BCUT2D eigenvalue weighted by molar-refractivity contribution is 7.10. The number of thiophene rings is 1. The lowest BCUT2D eigenvalue weighted by Gasteiger charge is -2.27. The molecule has 0 aliphatic heterocycles. The second-order valence-corrected chi connectivity index (χ2v) is 7.79. The van der Waals surface area contributed by atoms with Gasteiger partial charge in [-0.3, -0.25) is 9.59 Å². The van der Waals surface area contributed by atoms with E-state index in [1.54, 1.807) is 29.4 Å². The molecule has 25 heavy (non-hydrogen) atoms. The first-order valence-corrected chi connectivity index (χ1v) is 9.33. The maximum atomic E-state index is 12.9. The minimum atomic E-state index is -0.543. The van der Waals surface area contributed by atoms with Crippen LogP contribution in [-0.4, -0.2) is 29.8 Å². The lowest BCUT2D eigenvalue weighted by Crippen LogP contribution is -2.50. The van der Waals surface area contributed by atoms with Crippen molar-refractivity contribution in [2.75, 3.05) is 7.05 Å². The fraction of sp³-hybridized carbons (Fsp3) is 0.400. The molecule has 134 valence electrons. The smallest absolute Gasteiger partial charge is 0.251 e. The predicted molar refractivity (Wildman–Crippen MR) is 103 cm³/mol. The number of carbonyl (C=O) groups excluding carboxylic acids is 2. The predicted octanol–water partition coefficient (Wildman–Crippen LogP) is 3.78. The Morgan fingerprint density at radius 2 is 1.92 bits per heavy atom. The molecule has 0 aliphatic rings. The van der Waals surface area contributed by atoms with Crippen molar-refractivity contribution in [3.8, 4) is 0 Å². The first kappa shape index (κ1) is 19.2. The van der Waals surface area contributed by atoms with E-state index in [0.717, 1.165) is 5.56 Å². The maximum absolute atomic E-state index is 12.9. The van der Waals surface area contributed by atoms with Crippen molar-refractivity contribution < 1.29 is 9.59 Å². The molecular weight excluding hydrogens is 332 g/mol. The molecule has 0 unspecified atom stereocenters. The molecule has 1 N–H and O–H groups in total. The van der Waals surface area contributed by atoms with E-state index in [4.69, 9.17) is 0 Å². The Balaban J connectivity index is 2.10. The molecule has 1 atom stereocenters. The molecular formula is C20H26N2O2S. The normalized spacial score (nSPS) is 12.1. The minimum absolute atomic E-state index is 0.00754. The number of hydrogen-bond acceptors (Lipinski definition) is 3. The standard InChI is InChI=1S/C20H26N2O2S/c1-13(2)18(21-19(23)16-8-6-7-14(3)11-16)20(24)22(5)12-17-15(4)9-10-25-17/h6-11,13,18H,12H2,1-5H3,(H,21,23)/t18-/m0/s1. The van der Waals surface area contributed by atoms with E-state index in [2.05, 4.69) is 11.4 Å². The van der Waals surface area contributed by atoms with Crippen molar-refractivity contribution in [2.45, 2.75) is 40.3 Å². The van der Waals surface area contributed by atoms with E-state index in [1.807, 2.05) is 51.3 Å². The van der Waals surface area contributed by atoms with E-state index >= 15 is 0 Å². The molecule has 0 radical (unpaired) electrons. The summed E-state index contributed by atoms with van der Waals surface area (Å²) in [4.78, 5) is 28.3. The number of benzene rings is 1. The molecule has 5 heteroatoms. The first-order valence-electron chi connectivity index (χ1n) is 8.45. The fourth-order valence-corrected chi connectivity index (χ4v) is 3.58. The van der Waals surface area contributed by atoms with E-state index in [1.165, 1.54) is 10.4 Å². The van der Waals surface area contributed by atoms with Crippen LogP contribution < -0.4 is 5.32 Å². The molecule has 1 heterocycles. The van der Waals surface area contributed by atoms with Crippen LogP contribution in [0.4, 0.5) is 0 Å². The highest BCUT2D eigenvalue weighted by atomic mass is 32.1. The number of nitrogens with zero attached hydrogens (tertiary/aromatic N) is 1. The van der Waals surface area contributed by atoms with Crippen molar-refractivity contribution in [3.63, 3.8) is 0 Å². The van der Waals surface area contributed by atoms with Gasteiger partial charge in [0.1, 0.15) is 6.04 Å².